The number of rotatable bonds is 8. The summed E-state index contributed by atoms with van der Waals surface area (Å²) in [6, 6.07) is 10.2. The molecule has 3 nitrogen and oxygen atoms in total. The van der Waals surface area contributed by atoms with Crippen LogP contribution in [0.4, 0.5) is 0 Å². The second-order valence-corrected chi connectivity index (χ2v) is 8.99. The van der Waals surface area contributed by atoms with Crippen LogP contribution < -0.4 is 11.1 Å². The standard InChI is InChI=1S/C20H34N2OS/c1-14(12-15(2)20(5,6)21)18(23)22-19(3,4)13-17(24)16-10-8-7-9-11-16/h7-11,14-15,17,24H,12-13,21H2,1-6H3,(H,22,23). The number of nitrogens with two attached hydrogens (primary N) is 1. The van der Waals surface area contributed by atoms with Gasteiger partial charge in [-0.05, 0) is 52.0 Å². The summed E-state index contributed by atoms with van der Waals surface area (Å²) in [6.45, 7) is 12.2. The third-order valence-corrected chi connectivity index (χ3v) is 5.26. The van der Waals surface area contributed by atoms with E-state index in [9.17, 15) is 4.79 Å². The summed E-state index contributed by atoms with van der Waals surface area (Å²) in [5, 5.41) is 3.28. The Balaban J connectivity index is 2.60. The Labute approximate surface area is 153 Å². The number of nitrogens with one attached hydrogen (secondary N) is 1. The van der Waals surface area contributed by atoms with Gasteiger partial charge in [-0.1, -0.05) is 44.2 Å². The van der Waals surface area contributed by atoms with Crippen molar-refractivity contribution in [3.8, 4) is 0 Å². The molecule has 0 aromatic heterocycles. The highest BCUT2D eigenvalue weighted by Crippen LogP contribution is 2.29. The van der Waals surface area contributed by atoms with Gasteiger partial charge < -0.3 is 11.1 Å². The van der Waals surface area contributed by atoms with Crippen LogP contribution in [0.2, 0.25) is 0 Å². The molecule has 0 bridgehead atoms. The van der Waals surface area contributed by atoms with Gasteiger partial charge in [-0.2, -0.15) is 12.6 Å². The highest BCUT2D eigenvalue weighted by atomic mass is 32.1. The van der Waals surface area contributed by atoms with Gasteiger partial charge in [-0.25, -0.2) is 0 Å². The Morgan fingerprint density at radius 1 is 1.17 bits per heavy atom. The summed E-state index contributed by atoms with van der Waals surface area (Å²) >= 11 is 4.71. The largest absolute Gasteiger partial charge is 0.351 e. The molecule has 0 fully saturated rings. The molecule has 3 N–H and O–H groups in total. The maximum Gasteiger partial charge on any atom is 0.223 e. The van der Waals surface area contributed by atoms with E-state index in [1.54, 1.807) is 0 Å². The smallest absolute Gasteiger partial charge is 0.223 e. The van der Waals surface area contributed by atoms with Crippen LogP contribution in [0.15, 0.2) is 30.3 Å². The van der Waals surface area contributed by atoms with E-state index >= 15 is 0 Å². The lowest BCUT2D eigenvalue weighted by molar-refractivity contribution is -0.126. The Morgan fingerprint density at radius 3 is 2.21 bits per heavy atom. The van der Waals surface area contributed by atoms with E-state index in [0.717, 1.165) is 12.8 Å². The second kappa shape index (κ2) is 8.39. The lowest BCUT2D eigenvalue weighted by atomic mass is 9.83. The van der Waals surface area contributed by atoms with Crippen molar-refractivity contribution in [1.29, 1.82) is 0 Å². The van der Waals surface area contributed by atoms with E-state index in [4.69, 9.17) is 18.4 Å². The summed E-state index contributed by atoms with van der Waals surface area (Å²) in [5.41, 5.74) is 6.74. The first kappa shape index (κ1) is 21.0. The fraction of sp³-hybridized carbons (Fsp3) is 0.650. The molecule has 0 radical (unpaired) electrons. The topological polar surface area (TPSA) is 55.1 Å². The molecule has 24 heavy (non-hydrogen) atoms. The van der Waals surface area contributed by atoms with Gasteiger partial charge in [0.05, 0.1) is 0 Å². The van der Waals surface area contributed by atoms with Gasteiger partial charge in [0.2, 0.25) is 5.91 Å². The maximum atomic E-state index is 12.6. The van der Waals surface area contributed by atoms with Crippen molar-refractivity contribution in [2.24, 2.45) is 17.6 Å². The number of hydrogen-bond donors (Lipinski definition) is 3. The summed E-state index contributed by atoms with van der Waals surface area (Å²) in [5.74, 6) is 0.310. The minimum atomic E-state index is -0.310. The molecule has 0 aliphatic rings. The maximum absolute atomic E-state index is 12.6. The fourth-order valence-electron chi connectivity index (χ4n) is 2.73. The van der Waals surface area contributed by atoms with Crippen molar-refractivity contribution in [2.45, 2.75) is 70.7 Å². The van der Waals surface area contributed by atoms with Gasteiger partial charge >= 0.3 is 0 Å². The molecule has 0 heterocycles. The SMILES string of the molecule is CC(CC(C)C(C)(C)N)C(=O)NC(C)(C)CC(S)c1ccccc1. The molecule has 0 saturated carbocycles. The lowest BCUT2D eigenvalue weighted by Gasteiger charge is -2.33. The molecule has 0 aliphatic heterocycles. The van der Waals surface area contributed by atoms with E-state index in [-0.39, 0.29) is 34.1 Å². The second-order valence-electron chi connectivity index (χ2n) is 8.36. The van der Waals surface area contributed by atoms with Gasteiger partial charge in [0.1, 0.15) is 0 Å². The first-order valence-electron chi connectivity index (χ1n) is 8.76. The monoisotopic (exact) mass is 350 g/mol. The summed E-state index contributed by atoms with van der Waals surface area (Å²) in [6.07, 6.45) is 1.56. The van der Waals surface area contributed by atoms with E-state index in [1.165, 1.54) is 5.56 Å². The van der Waals surface area contributed by atoms with Crippen molar-refractivity contribution >= 4 is 18.5 Å². The summed E-state index contributed by atoms with van der Waals surface area (Å²) in [7, 11) is 0. The Morgan fingerprint density at radius 2 is 1.71 bits per heavy atom. The van der Waals surface area contributed by atoms with Crippen LogP contribution in [-0.4, -0.2) is 17.0 Å². The van der Waals surface area contributed by atoms with E-state index in [1.807, 2.05) is 39.0 Å². The van der Waals surface area contributed by atoms with Crippen molar-refractivity contribution in [3.63, 3.8) is 0 Å². The Kier molecular flexibility index (Phi) is 7.36. The fourth-order valence-corrected chi connectivity index (χ4v) is 3.35. The van der Waals surface area contributed by atoms with Crippen molar-refractivity contribution in [3.05, 3.63) is 35.9 Å². The molecule has 1 amide bonds. The lowest BCUT2D eigenvalue weighted by Crippen LogP contribution is -2.47. The van der Waals surface area contributed by atoms with E-state index in [0.29, 0.717) is 0 Å². The molecular weight excluding hydrogens is 316 g/mol. The van der Waals surface area contributed by atoms with E-state index < -0.39 is 0 Å². The predicted octanol–water partition coefficient (Wildman–Crippen LogP) is 4.34. The first-order chi connectivity index (χ1) is 10.9. The highest BCUT2D eigenvalue weighted by molar-refractivity contribution is 7.80. The summed E-state index contributed by atoms with van der Waals surface area (Å²) < 4.78 is 0. The van der Waals surface area contributed by atoms with Gasteiger partial charge in [0.25, 0.3) is 0 Å². The molecule has 3 atom stereocenters. The van der Waals surface area contributed by atoms with Gasteiger partial charge in [-0.15, -0.1) is 0 Å². The van der Waals surface area contributed by atoms with Crippen LogP contribution in [0.25, 0.3) is 0 Å². The normalized spacial score (nSPS) is 16.3. The van der Waals surface area contributed by atoms with Crippen molar-refractivity contribution in [2.75, 3.05) is 0 Å². The number of carbonyl (C=O) groups is 1. The average Bonchev–Trinajstić information content (AvgIpc) is 2.45. The number of hydrogen-bond acceptors (Lipinski definition) is 3. The third kappa shape index (κ3) is 6.86. The zero-order valence-electron chi connectivity index (χ0n) is 16.0. The quantitative estimate of drug-likeness (QED) is 0.611. The number of amides is 1. The average molecular weight is 351 g/mol. The molecule has 136 valence electrons. The van der Waals surface area contributed by atoms with Crippen LogP contribution in [0, 0.1) is 11.8 Å². The minimum absolute atomic E-state index is 0.0582. The van der Waals surface area contributed by atoms with E-state index in [2.05, 4.69) is 38.2 Å². The van der Waals surface area contributed by atoms with Gasteiger partial charge in [0.15, 0.2) is 0 Å². The van der Waals surface area contributed by atoms with Gasteiger partial charge in [0, 0.05) is 22.2 Å². The molecule has 0 saturated heterocycles. The van der Waals surface area contributed by atoms with Crippen LogP contribution in [0.3, 0.4) is 0 Å². The molecule has 4 heteroatoms. The number of benzene rings is 1. The Bertz CT molecular complexity index is 522. The molecule has 0 spiro atoms. The molecule has 1 aromatic rings. The number of thiol groups is 1. The Hall–Kier alpha value is -1.00. The van der Waals surface area contributed by atoms with Crippen molar-refractivity contribution < 1.29 is 4.79 Å². The van der Waals surface area contributed by atoms with Crippen LogP contribution >= 0.6 is 12.6 Å². The highest BCUT2D eigenvalue weighted by Gasteiger charge is 2.29. The summed E-state index contributed by atoms with van der Waals surface area (Å²) in [4.78, 5) is 12.6. The minimum Gasteiger partial charge on any atom is -0.351 e. The first-order valence-corrected chi connectivity index (χ1v) is 9.28. The zero-order valence-corrected chi connectivity index (χ0v) is 16.9. The molecule has 3 unspecified atom stereocenters. The van der Waals surface area contributed by atoms with Crippen LogP contribution in [-0.2, 0) is 4.79 Å². The number of carbonyl (C=O) groups excluding carboxylic acids is 1. The predicted molar refractivity (Wildman–Crippen MR) is 106 cm³/mol. The van der Waals surface area contributed by atoms with Crippen LogP contribution in [0.5, 0.6) is 0 Å². The third-order valence-electron chi connectivity index (χ3n) is 4.77. The molecule has 1 aromatic carbocycles. The van der Waals surface area contributed by atoms with Crippen molar-refractivity contribution in [1.82, 2.24) is 5.32 Å². The zero-order chi connectivity index (χ0) is 18.5. The van der Waals surface area contributed by atoms with Gasteiger partial charge in [-0.3, -0.25) is 4.79 Å². The molecule has 1 rings (SSSR count). The van der Waals surface area contributed by atoms with Crippen LogP contribution in [0.1, 0.15) is 65.2 Å². The molecular formula is C20H34N2OS. The molecule has 0 aliphatic carbocycles.